The molecule has 0 aliphatic heterocycles. The zero-order chi connectivity index (χ0) is 15.7. The summed E-state index contributed by atoms with van der Waals surface area (Å²) in [5.41, 5.74) is 0. The van der Waals surface area contributed by atoms with Gasteiger partial charge in [0.1, 0.15) is 12.4 Å². The Balaban J connectivity index is 2.66. The fourth-order valence-electron chi connectivity index (χ4n) is 1.71. The molecule has 0 spiro atoms. The first kappa shape index (κ1) is 17.9. The Labute approximate surface area is 127 Å². The van der Waals surface area contributed by atoms with Gasteiger partial charge in [0.05, 0.1) is 4.90 Å². The summed E-state index contributed by atoms with van der Waals surface area (Å²) in [6.45, 7) is 2.25. The van der Waals surface area contributed by atoms with E-state index in [4.69, 9.17) is 9.47 Å². The maximum Gasteiger partial charge on any atom is 0.242 e. The molecule has 0 aromatic heterocycles. The Hall–Kier alpha value is -1.15. The van der Waals surface area contributed by atoms with Gasteiger partial charge in [0.25, 0.3) is 0 Å². The molecule has 21 heavy (non-hydrogen) atoms. The predicted octanol–water partition coefficient (Wildman–Crippen LogP) is 0.942. The molecule has 0 saturated heterocycles. The minimum absolute atomic E-state index is 0.267. The molecule has 0 unspecified atom stereocenters. The summed E-state index contributed by atoms with van der Waals surface area (Å²) in [6, 6.07) is 6.48. The number of hydrogen-bond donors (Lipinski definition) is 1. The summed E-state index contributed by atoms with van der Waals surface area (Å²) < 4.78 is 36.4. The summed E-state index contributed by atoms with van der Waals surface area (Å²) in [4.78, 5) is 0.267. The molecule has 1 aromatic carbocycles. The van der Waals surface area contributed by atoms with E-state index in [0.717, 1.165) is 6.54 Å². The number of methoxy groups -OCH3 is 1. The molecule has 7 heteroatoms. The third-order valence-corrected chi connectivity index (χ3v) is 4.85. The molecule has 0 aliphatic carbocycles. The molecule has 0 amide bonds. The molecular weight excluding hydrogens is 292 g/mol. The maximum absolute atomic E-state index is 12.3. The number of hydrogen-bond acceptors (Lipinski definition) is 5. The van der Waals surface area contributed by atoms with Gasteiger partial charge < -0.3 is 14.8 Å². The van der Waals surface area contributed by atoms with Crippen LogP contribution in [0.5, 0.6) is 5.75 Å². The van der Waals surface area contributed by atoms with E-state index in [1.807, 2.05) is 7.05 Å². The highest BCUT2D eigenvalue weighted by atomic mass is 32.2. The van der Waals surface area contributed by atoms with Crippen LogP contribution >= 0.6 is 0 Å². The van der Waals surface area contributed by atoms with E-state index in [2.05, 4.69) is 5.32 Å². The van der Waals surface area contributed by atoms with E-state index in [9.17, 15) is 8.42 Å². The molecular formula is C14H24N2O4S. The van der Waals surface area contributed by atoms with Crippen molar-refractivity contribution in [2.75, 3.05) is 47.5 Å². The summed E-state index contributed by atoms with van der Waals surface area (Å²) in [6.07, 6.45) is 0.664. The van der Waals surface area contributed by atoms with Crippen molar-refractivity contribution in [1.82, 2.24) is 9.62 Å². The zero-order valence-corrected chi connectivity index (χ0v) is 13.6. The Morgan fingerprint density at radius 2 is 1.86 bits per heavy atom. The van der Waals surface area contributed by atoms with Gasteiger partial charge in [-0.2, -0.15) is 0 Å². The first-order valence-corrected chi connectivity index (χ1v) is 8.29. The van der Waals surface area contributed by atoms with Gasteiger partial charge in [-0.3, -0.25) is 0 Å². The van der Waals surface area contributed by atoms with E-state index in [-0.39, 0.29) is 4.90 Å². The van der Waals surface area contributed by atoms with Crippen molar-refractivity contribution in [3.8, 4) is 5.75 Å². The van der Waals surface area contributed by atoms with Crippen LogP contribution in [0.25, 0.3) is 0 Å². The van der Waals surface area contributed by atoms with Crippen LogP contribution in [0.15, 0.2) is 29.2 Å². The molecule has 1 aromatic rings. The van der Waals surface area contributed by atoms with Crippen LogP contribution in [-0.4, -0.2) is 60.2 Å². The lowest BCUT2D eigenvalue weighted by Crippen LogP contribution is -2.28. The van der Waals surface area contributed by atoms with Gasteiger partial charge in [-0.05, 0) is 37.7 Å². The fourth-order valence-corrected chi connectivity index (χ4v) is 2.92. The van der Waals surface area contributed by atoms with Crippen LogP contribution in [-0.2, 0) is 14.8 Å². The first-order valence-electron chi connectivity index (χ1n) is 6.85. The molecule has 0 radical (unpaired) electrons. The monoisotopic (exact) mass is 316 g/mol. The Morgan fingerprint density at radius 3 is 2.43 bits per heavy atom. The predicted molar refractivity (Wildman–Crippen MR) is 82.2 cm³/mol. The second-order valence-electron chi connectivity index (χ2n) is 4.60. The second-order valence-corrected chi connectivity index (χ2v) is 6.64. The molecule has 0 aliphatic rings. The van der Waals surface area contributed by atoms with Gasteiger partial charge in [-0.15, -0.1) is 0 Å². The van der Waals surface area contributed by atoms with Crippen LogP contribution in [0.2, 0.25) is 0 Å². The standard InChI is InChI=1S/C14H24N2O4S/c1-15-9-12-20-13-5-7-14(8-6-13)21(17,18)16(2)10-4-11-19-3/h5-8,15H,4,9-12H2,1-3H3. The Morgan fingerprint density at radius 1 is 1.19 bits per heavy atom. The topological polar surface area (TPSA) is 67.9 Å². The Bertz CT molecular complexity index is 502. The van der Waals surface area contributed by atoms with Crippen molar-refractivity contribution in [3.63, 3.8) is 0 Å². The highest BCUT2D eigenvalue weighted by Crippen LogP contribution is 2.18. The van der Waals surface area contributed by atoms with Crippen molar-refractivity contribution < 1.29 is 17.9 Å². The van der Waals surface area contributed by atoms with Gasteiger partial charge in [-0.1, -0.05) is 0 Å². The molecule has 0 saturated carbocycles. The van der Waals surface area contributed by atoms with Crippen LogP contribution < -0.4 is 10.1 Å². The minimum atomic E-state index is -3.45. The first-order chi connectivity index (χ1) is 10.0. The molecule has 6 nitrogen and oxygen atoms in total. The highest BCUT2D eigenvalue weighted by molar-refractivity contribution is 7.89. The molecule has 1 rings (SSSR count). The molecule has 0 atom stereocenters. The lowest BCUT2D eigenvalue weighted by atomic mass is 10.3. The van der Waals surface area contributed by atoms with E-state index in [0.29, 0.717) is 31.9 Å². The number of sulfonamides is 1. The normalized spacial score (nSPS) is 11.8. The second kappa shape index (κ2) is 8.99. The molecule has 1 N–H and O–H groups in total. The smallest absolute Gasteiger partial charge is 0.242 e. The van der Waals surface area contributed by atoms with Crippen molar-refractivity contribution in [1.29, 1.82) is 0 Å². The van der Waals surface area contributed by atoms with E-state index >= 15 is 0 Å². The van der Waals surface area contributed by atoms with Gasteiger partial charge in [-0.25, -0.2) is 12.7 Å². The number of benzene rings is 1. The van der Waals surface area contributed by atoms with Gasteiger partial charge in [0.15, 0.2) is 0 Å². The van der Waals surface area contributed by atoms with Gasteiger partial charge in [0.2, 0.25) is 10.0 Å². The summed E-state index contributed by atoms with van der Waals surface area (Å²) in [5, 5.41) is 2.98. The van der Waals surface area contributed by atoms with Gasteiger partial charge in [0, 0.05) is 33.9 Å². The lowest BCUT2D eigenvalue weighted by Gasteiger charge is -2.17. The minimum Gasteiger partial charge on any atom is -0.492 e. The van der Waals surface area contributed by atoms with Crippen molar-refractivity contribution in [3.05, 3.63) is 24.3 Å². The number of rotatable bonds is 10. The number of nitrogens with one attached hydrogen (secondary N) is 1. The molecule has 120 valence electrons. The largest absolute Gasteiger partial charge is 0.492 e. The third kappa shape index (κ3) is 5.62. The summed E-state index contributed by atoms with van der Waals surface area (Å²) >= 11 is 0. The van der Waals surface area contributed by atoms with E-state index in [1.165, 1.54) is 4.31 Å². The van der Waals surface area contributed by atoms with Crippen LogP contribution in [0.3, 0.4) is 0 Å². The maximum atomic E-state index is 12.3. The molecule has 0 fully saturated rings. The zero-order valence-electron chi connectivity index (χ0n) is 12.8. The summed E-state index contributed by atoms with van der Waals surface area (Å²) in [7, 11) is 1.56. The number of nitrogens with zero attached hydrogens (tertiary/aromatic N) is 1. The van der Waals surface area contributed by atoms with E-state index < -0.39 is 10.0 Å². The quantitative estimate of drug-likeness (QED) is 0.651. The van der Waals surface area contributed by atoms with Crippen molar-refractivity contribution in [2.45, 2.75) is 11.3 Å². The van der Waals surface area contributed by atoms with Crippen LogP contribution in [0, 0.1) is 0 Å². The number of likely N-dealkylation sites (N-methyl/N-ethyl adjacent to an activating group) is 1. The SMILES string of the molecule is CNCCOc1ccc(S(=O)(=O)N(C)CCCOC)cc1. The third-order valence-electron chi connectivity index (χ3n) is 2.97. The Kier molecular flexibility index (Phi) is 7.66. The fraction of sp³-hybridized carbons (Fsp3) is 0.571. The summed E-state index contributed by atoms with van der Waals surface area (Å²) in [5.74, 6) is 0.659. The molecule has 0 bridgehead atoms. The number of ether oxygens (including phenoxy) is 2. The molecule has 0 heterocycles. The van der Waals surface area contributed by atoms with Crippen molar-refractivity contribution in [2.24, 2.45) is 0 Å². The average molecular weight is 316 g/mol. The lowest BCUT2D eigenvalue weighted by molar-refractivity contribution is 0.189. The highest BCUT2D eigenvalue weighted by Gasteiger charge is 2.20. The van der Waals surface area contributed by atoms with Crippen LogP contribution in [0.1, 0.15) is 6.42 Å². The van der Waals surface area contributed by atoms with Crippen LogP contribution in [0.4, 0.5) is 0 Å². The van der Waals surface area contributed by atoms with E-state index in [1.54, 1.807) is 38.4 Å². The average Bonchev–Trinajstić information content (AvgIpc) is 2.48. The van der Waals surface area contributed by atoms with Gasteiger partial charge >= 0.3 is 0 Å². The van der Waals surface area contributed by atoms with Crippen molar-refractivity contribution >= 4 is 10.0 Å².